The molecule has 1 aromatic rings. The van der Waals surface area contributed by atoms with E-state index in [0.29, 0.717) is 0 Å². The summed E-state index contributed by atoms with van der Waals surface area (Å²) in [6.45, 7) is 0.790. The van der Waals surface area contributed by atoms with Crippen LogP contribution in [0, 0.1) is 0 Å². The number of hydrogen-bond acceptors (Lipinski definition) is 4. The number of nitrogens with two attached hydrogens (primary N) is 1. The van der Waals surface area contributed by atoms with Gasteiger partial charge in [-0.15, -0.1) is 11.3 Å². The van der Waals surface area contributed by atoms with Crippen molar-refractivity contribution in [1.82, 2.24) is 5.43 Å². The molecule has 98 valence electrons. The Morgan fingerprint density at radius 3 is 2.94 bits per heavy atom. The molecular weight excluding hydrogens is 244 g/mol. The highest BCUT2D eigenvalue weighted by molar-refractivity contribution is 7.12. The van der Waals surface area contributed by atoms with Crippen LogP contribution in [-0.4, -0.2) is 6.61 Å². The molecule has 1 aliphatic carbocycles. The average Bonchev–Trinajstić information content (AvgIpc) is 2.98. The maximum absolute atomic E-state index is 5.71. The second kappa shape index (κ2) is 5.43. The van der Waals surface area contributed by atoms with Crippen LogP contribution in [-0.2, 0) is 17.6 Å². The molecule has 3 N–H and O–H groups in total. The maximum Gasteiger partial charge on any atom is 0.116 e. The van der Waals surface area contributed by atoms with E-state index in [1.54, 1.807) is 4.88 Å². The molecule has 1 aromatic heterocycles. The molecule has 0 saturated carbocycles. The fraction of sp³-hybridized carbons (Fsp3) is 0.571. The van der Waals surface area contributed by atoms with Crippen molar-refractivity contribution in [3.05, 3.63) is 33.2 Å². The van der Waals surface area contributed by atoms with Crippen LogP contribution in [0.15, 0.2) is 17.9 Å². The van der Waals surface area contributed by atoms with E-state index in [-0.39, 0.29) is 6.04 Å². The molecule has 4 heteroatoms. The second-order valence-electron chi connectivity index (χ2n) is 5.00. The number of nitrogens with one attached hydrogen (secondary N) is 1. The first kappa shape index (κ1) is 12.2. The summed E-state index contributed by atoms with van der Waals surface area (Å²) < 4.78 is 5.64. The molecule has 2 heterocycles. The van der Waals surface area contributed by atoms with Crippen molar-refractivity contribution in [2.75, 3.05) is 6.61 Å². The van der Waals surface area contributed by atoms with Crippen molar-refractivity contribution in [3.8, 4) is 0 Å². The minimum Gasteiger partial charge on any atom is -0.496 e. The Kier molecular flexibility index (Phi) is 3.68. The van der Waals surface area contributed by atoms with E-state index < -0.39 is 0 Å². The van der Waals surface area contributed by atoms with Crippen LogP contribution in [0.5, 0.6) is 0 Å². The van der Waals surface area contributed by atoms with Gasteiger partial charge in [0.25, 0.3) is 0 Å². The minimum absolute atomic E-state index is 0.0458. The van der Waals surface area contributed by atoms with Crippen LogP contribution < -0.4 is 11.3 Å². The van der Waals surface area contributed by atoms with E-state index in [0.717, 1.165) is 18.8 Å². The third kappa shape index (κ3) is 2.32. The van der Waals surface area contributed by atoms with Gasteiger partial charge in [-0.2, -0.15) is 0 Å². The molecule has 0 fully saturated rings. The fourth-order valence-electron chi connectivity index (χ4n) is 2.78. The van der Waals surface area contributed by atoms with Gasteiger partial charge in [0, 0.05) is 16.2 Å². The van der Waals surface area contributed by atoms with Gasteiger partial charge < -0.3 is 4.74 Å². The number of ether oxygens (including phenoxy) is 1. The summed E-state index contributed by atoms with van der Waals surface area (Å²) in [6.07, 6.45) is 9.62. The quantitative estimate of drug-likeness (QED) is 0.501. The lowest BCUT2D eigenvalue weighted by atomic mass is 10.1. The Bertz CT molecular complexity index is 429. The van der Waals surface area contributed by atoms with Crippen molar-refractivity contribution in [2.24, 2.45) is 5.84 Å². The van der Waals surface area contributed by atoms with Crippen molar-refractivity contribution < 1.29 is 4.74 Å². The van der Waals surface area contributed by atoms with Gasteiger partial charge in [-0.3, -0.25) is 5.84 Å². The van der Waals surface area contributed by atoms with Gasteiger partial charge in [0.1, 0.15) is 11.8 Å². The Morgan fingerprint density at radius 1 is 1.28 bits per heavy atom. The summed E-state index contributed by atoms with van der Waals surface area (Å²) in [5.74, 6) is 6.70. The van der Waals surface area contributed by atoms with Crippen LogP contribution >= 0.6 is 11.3 Å². The Balaban J connectivity index is 1.86. The smallest absolute Gasteiger partial charge is 0.116 e. The van der Waals surface area contributed by atoms with E-state index in [9.17, 15) is 0 Å². The molecule has 1 atom stereocenters. The minimum atomic E-state index is 0.0458. The van der Waals surface area contributed by atoms with Gasteiger partial charge in [0.05, 0.1) is 6.61 Å². The summed E-state index contributed by atoms with van der Waals surface area (Å²) in [7, 11) is 0. The lowest BCUT2D eigenvalue weighted by molar-refractivity contribution is 0.216. The van der Waals surface area contributed by atoms with Gasteiger partial charge in [0.2, 0.25) is 0 Å². The van der Waals surface area contributed by atoms with E-state index in [4.69, 9.17) is 10.6 Å². The predicted molar refractivity (Wildman–Crippen MR) is 74.3 cm³/mol. The SMILES string of the molecule is NNC(C1=CCCO1)c1cc2c(s1)CCCCC2. The van der Waals surface area contributed by atoms with Crippen molar-refractivity contribution >= 4 is 11.3 Å². The first-order chi connectivity index (χ1) is 8.88. The molecular formula is C14H20N2OS. The van der Waals surface area contributed by atoms with Gasteiger partial charge in [0.15, 0.2) is 0 Å². The molecule has 0 spiro atoms. The van der Waals surface area contributed by atoms with E-state index in [1.165, 1.54) is 42.5 Å². The third-order valence-corrected chi connectivity index (χ3v) is 5.04. The van der Waals surface area contributed by atoms with Crippen LogP contribution in [0.25, 0.3) is 0 Å². The number of aryl methyl sites for hydroxylation is 2. The van der Waals surface area contributed by atoms with Crippen LogP contribution in [0.4, 0.5) is 0 Å². The molecule has 0 saturated heterocycles. The normalized spacial score (nSPS) is 20.8. The number of hydrazine groups is 1. The number of thiophene rings is 1. The predicted octanol–water partition coefficient (Wildman–Crippen LogP) is 2.83. The van der Waals surface area contributed by atoms with Gasteiger partial charge >= 0.3 is 0 Å². The molecule has 0 aromatic carbocycles. The van der Waals surface area contributed by atoms with Gasteiger partial charge in [-0.1, -0.05) is 6.42 Å². The molecule has 18 heavy (non-hydrogen) atoms. The van der Waals surface area contributed by atoms with Crippen molar-refractivity contribution in [2.45, 2.75) is 44.6 Å². The fourth-order valence-corrected chi connectivity index (χ4v) is 4.10. The number of rotatable bonds is 3. The topological polar surface area (TPSA) is 47.3 Å². The van der Waals surface area contributed by atoms with Crippen LogP contribution in [0.1, 0.15) is 47.0 Å². The van der Waals surface area contributed by atoms with E-state index in [1.807, 2.05) is 11.3 Å². The summed E-state index contributed by atoms with van der Waals surface area (Å²) in [5, 5.41) is 0. The maximum atomic E-state index is 5.71. The monoisotopic (exact) mass is 264 g/mol. The number of fused-ring (bicyclic) bond motifs is 1. The van der Waals surface area contributed by atoms with Crippen LogP contribution in [0.2, 0.25) is 0 Å². The first-order valence-electron chi connectivity index (χ1n) is 6.79. The summed E-state index contributed by atoms with van der Waals surface area (Å²) in [6, 6.07) is 2.38. The Labute approximate surface area is 112 Å². The highest BCUT2D eigenvalue weighted by Gasteiger charge is 2.23. The van der Waals surface area contributed by atoms with Crippen LogP contribution in [0.3, 0.4) is 0 Å². The van der Waals surface area contributed by atoms with Gasteiger partial charge in [-0.25, -0.2) is 5.43 Å². The molecule has 0 bridgehead atoms. The molecule has 3 rings (SSSR count). The zero-order chi connectivity index (χ0) is 12.4. The average molecular weight is 264 g/mol. The summed E-state index contributed by atoms with van der Waals surface area (Å²) >= 11 is 1.90. The third-order valence-electron chi connectivity index (χ3n) is 3.73. The molecule has 2 aliphatic rings. The highest BCUT2D eigenvalue weighted by Crippen LogP contribution is 2.35. The largest absolute Gasteiger partial charge is 0.496 e. The highest BCUT2D eigenvalue weighted by atomic mass is 32.1. The Morgan fingerprint density at radius 2 is 2.17 bits per heavy atom. The second-order valence-corrected chi connectivity index (χ2v) is 6.17. The first-order valence-corrected chi connectivity index (χ1v) is 7.60. The Hall–Kier alpha value is -0.840. The molecule has 0 amide bonds. The van der Waals surface area contributed by atoms with Gasteiger partial charge in [-0.05, 0) is 43.4 Å². The van der Waals surface area contributed by atoms with E-state index in [2.05, 4.69) is 17.6 Å². The van der Waals surface area contributed by atoms with E-state index >= 15 is 0 Å². The van der Waals surface area contributed by atoms with Crippen molar-refractivity contribution in [1.29, 1.82) is 0 Å². The number of hydrogen-bond donors (Lipinski definition) is 2. The molecule has 3 nitrogen and oxygen atoms in total. The summed E-state index contributed by atoms with van der Waals surface area (Å²) in [5.41, 5.74) is 4.44. The molecule has 0 radical (unpaired) electrons. The molecule has 1 unspecified atom stereocenters. The standard InChI is InChI=1S/C14H20N2OS/c15-16-14(11-6-4-8-17-11)13-9-10-5-2-1-3-7-12(10)18-13/h6,9,14,16H,1-5,7-8,15H2. The summed E-state index contributed by atoms with van der Waals surface area (Å²) in [4.78, 5) is 2.86. The zero-order valence-corrected chi connectivity index (χ0v) is 11.4. The lowest BCUT2D eigenvalue weighted by Crippen LogP contribution is -2.29. The lowest BCUT2D eigenvalue weighted by Gasteiger charge is -2.15. The molecule has 1 aliphatic heterocycles. The zero-order valence-electron chi connectivity index (χ0n) is 10.6. The van der Waals surface area contributed by atoms with Crippen molar-refractivity contribution in [3.63, 3.8) is 0 Å².